The molecule has 18 heavy (non-hydrogen) atoms. The smallest absolute Gasteiger partial charge is 0.123 e. The van der Waals surface area contributed by atoms with Crippen LogP contribution in [0.2, 0.25) is 0 Å². The second-order valence-corrected chi connectivity index (χ2v) is 5.79. The maximum atomic E-state index is 10.9. The monoisotopic (exact) mass is 268 g/mol. The van der Waals surface area contributed by atoms with E-state index in [9.17, 15) is 8.76 Å². The molecule has 0 bridgehead atoms. The third-order valence-corrected chi connectivity index (χ3v) is 4.49. The fourth-order valence-corrected chi connectivity index (χ4v) is 2.91. The van der Waals surface area contributed by atoms with E-state index in [-0.39, 0.29) is 5.25 Å². The fourth-order valence-electron chi connectivity index (χ4n) is 2.31. The van der Waals surface area contributed by atoms with Crippen LogP contribution in [-0.4, -0.2) is 34.2 Å². The predicted octanol–water partition coefficient (Wildman–Crippen LogP) is 1.85. The number of aryl methyl sites for hydroxylation is 1. The molecule has 4 nitrogen and oxygen atoms in total. The largest absolute Gasteiger partial charge is 0.772 e. The lowest BCUT2D eigenvalue weighted by atomic mass is 10.1. The first-order valence-corrected chi connectivity index (χ1v) is 7.23. The Kier molecular flexibility index (Phi) is 4.24. The van der Waals surface area contributed by atoms with Crippen LogP contribution in [0.3, 0.4) is 0 Å². The van der Waals surface area contributed by atoms with Crippen LogP contribution < -0.4 is 9.64 Å². The van der Waals surface area contributed by atoms with Crippen molar-refractivity contribution in [2.75, 3.05) is 25.1 Å². The summed E-state index contributed by atoms with van der Waals surface area (Å²) >= 11 is -1.93. The van der Waals surface area contributed by atoms with Gasteiger partial charge >= 0.3 is 0 Å². The van der Waals surface area contributed by atoms with Crippen molar-refractivity contribution in [3.8, 4) is 5.75 Å². The van der Waals surface area contributed by atoms with Gasteiger partial charge in [-0.15, -0.1) is 0 Å². The number of hydrogen-bond donors (Lipinski definition) is 0. The van der Waals surface area contributed by atoms with E-state index in [0.29, 0.717) is 12.8 Å². The highest BCUT2D eigenvalue weighted by molar-refractivity contribution is 7.79. The number of methoxy groups -OCH3 is 1. The standard InChI is InChI=1S/C13H19NO3S/c1-10-3-4-11(9-13(10)17-2)14-7-5-12(6-8-14)18(15)16/h3-4,9,12H,5-8H2,1-2H3,(H,15,16)/p-1. The molecule has 5 heteroatoms. The Morgan fingerprint density at radius 3 is 2.61 bits per heavy atom. The molecule has 2 rings (SSSR count). The molecular weight excluding hydrogens is 250 g/mol. The average Bonchev–Trinajstić information content (AvgIpc) is 2.39. The molecule has 0 spiro atoms. The van der Waals surface area contributed by atoms with Crippen molar-refractivity contribution >= 4 is 16.8 Å². The second-order valence-electron chi connectivity index (χ2n) is 4.60. The number of rotatable bonds is 3. The first kappa shape index (κ1) is 13.4. The minimum atomic E-state index is -1.93. The molecule has 1 atom stereocenters. The van der Waals surface area contributed by atoms with Crippen molar-refractivity contribution in [2.24, 2.45) is 0 Å². The lowest BCUT2D eigenvalue weighted by molar-refractivity contribution is 0.411. The van der Waals surface area contributed by atoms with E-state index in [1.165, 1.54) is 0 Å². The summed E-state index contributed by atoms with van der Waals surface area (Å²) in [7, 11) is 1.67. The Labute approximate surface area is 110 Å². The van der Waals surface area contributed by atoms with E-state index in [1.807, 2.05) is 19.1 Å². The third kappa shape index (κ3) is 2.84. The molecule has 1 aliphatic rings. The zero-order valence-corrected chi connectivity index (χ0v) is 11.5. The number of ether oxygens (including phenoxy) is 1. The number of hydrogen-bond acceptors (Lipinski definition) is 4. The number of piperidine rings is 1. The van der Waals surface area contributed by atoms with Gasteiger partial charge in [0.2, 0.25) is 0 Å². The van der Waals surface area contributed by atoms with Crippen molar-refractivity contribution in [3.05, 3.63) is 23.8 Å². The van der Waals surface area contributed by atoms with E-state index < -0.39 is 11.1 Å². The maximum Gasteiger partial charge on any atom is 0.123 e. The van der Waals surface area contributed by atoms with Gasteiger partial charge in [-0.25, -0.2) is 0 Å². The van der Waals surface area contributed by atoms with Crippen molar-refractivity contribution in [1.82, 2.24) is 0 Å². The van der Waals surface area contributed by atoms with Crippen molar-refractivity contribution in [3.63, 3.8) is 0 Å². The topological polar surface area (TPSA) is 52.6 Å². The van der Waals surface area contributed by atoms with Gasteiger partial charge in [-0.1, -0.05) is 17.1 Å². The van der Waals surface area contributed by atoms with Gasteiger partial charge in [0.05, 0.1) is 7.11 Å². The van der Waals surface area contributed by atoms with Crippen LogP contribution in [-0.2, 0) is 11.1 Å². The second kappa shape index (κ2) is 5.71. The van der Waals surface area contributed by atoms with E-state index in [4.69, 9.17) is 4.74 Å². The van der Waals surface area contributed by atoms with Crippen LogP contribution >= 0.6 is 0 Å². The summed E-state index contributed by atoms with van der Waals surface area (Å²) in [6.07, 6.45) is 1.40. The van der Waals surface area contributed by atoms with Crippen molar-refractivity contribution in [1.29, 1.82) is 0 Å². The van der Waals surface area contributed by atoms with E-state index >= 15 is 0 Å². The van der Waals surface area contributed by atoms with E-state index in [1.54, 1.807) is 7.11 Å². The van der Waals surface area contributed by atoms with Crippen LogP contribution in [0.15, 0.2) is 18.2 Å². The number of anilines is 1. The van der Waals surface area contributed by atoms with Crippen LogP contribution in [0.5, 0.6) is 5.75 Å². The summed E-state index contributed by atoms with van der Waals surface area (Å²) in [5.74, 6) is 0.877. The quantitative estimate of drug-likeness (QED) is 0.785. The van der Waals surface area contributed by atoms with Gasteiger partial charge in [-0.2, -0.15) is 0 Å². The molecule has 0 aromatic heterocycles. The van der Waals surface area contributed by atoms with Crippen molar-refractivity contribution in [2.45, 2.75) is 25.0 Å². The SMILES string of the molecule is COc1cc(N2CCC(S(=O)[O-])CC2)ccc1C. The van der Waals surface area contributed by atoms with E-state index in [0.717, 1.165) is 30.1 Å². The summed E-state index contributed by atoms with van der Waals surface area (Å²) in [5.41, 5.74) is 2.21. The first-order valence-electron chi connectivity index (χ1n) is 6.09. The molecule has 1 aromatic rings. The summed E-state index contributed by atoms with van der Waals surface area (Å²) < 4.78 is 27.1. The van der Waals surface area contributed by atoms with Gasteiger partial charge in [0, 0.05) is 30.1 Å². The molecular formula is C13H18NO3S-. The Morgan fingerprint density at radius 2 is 2.06 bits per heavy atom. The molecule has 0 amide bonds. The van der Waals surface area contributed by atoms with Crippen LogP contribution in [0, 0.1) is 6.92 Å². The summed E-state index contributed by atoms with van der Waals surface area (Å²) in [5, 5.41) is -0.186. The maximum absolute atomic E-state index is 10.9. The Bertz CT molecular complexity index is 442. The molecule has 1 aliphatic heterocycles. The van der Waals surface area contributed by atoms with Gasteiger partial charge < -0.3 is 14.2 Å². The van der Waals surface area contributed by atoms with Crippen molar-refractivity contribution < 1.29 is 13.5 Å². The molecule has 1 fully saturated rings. The summed E-state index contributed by atoms with van der Waals surface area (Å²) in [6.45, 7) is 3.57. The number of benzene rings is 1. The molecule has 0 N–H and O–H groups in total. The van der Waals surface area contributed by atoms with Crippen LogP contribution in [0.25, 0.3) is 0 Å². The molecule has 100 valence electrons. The Morgan fingerprint density at radius 1 is 1.39 bits per heavy atom. The molecule has 1 unspecified atom stereocenters. The third-order valence-electron chi connectivity index (χ3n) is 3.47. The molecule has 0 saturated carbocycles. The van der Waals surface area contributed by atoms with Gasteiger partial charge in [0.25, 0.3) is 0 Å². The van der Waals surface area contributed by atoms with Gasteiger partial charge in [0.1, 0.15) is 5.75 Å². The molecule has 1 heterocycles. The molecule has 1 aromatic carbocycles. The first-order chi connectivity index (χ1) is 8.61. The molecule has 1 saturated heterocycles. The Balaban J connectivity index is 2.07. The summed E-state index contributed by atoms with van der Waals surface area (Å²) in [6, 6.07) is 6.11. The highest BCUT2D eigenvalue weighted by atomic mass is 32.2. The zero-order valence-electron chi connectivity index (χ0n) is 10.7. The molecule has 0 aliphatic carbocycles. The highest BCUT2D eigenvalue weighted by Crippen LogP contribution is 2.27. The Hall–Kier alpha value is -1.07. The van der Waals surface area contributed by atoms with Crippen LogP contribution in [0.4, 0.5) is 5.69 Å². The van der Waals surface area contributed by atoms with Crippen LogP contribution in [0.1, 0.15) is 18.4 Å². The normalized spacial score (nSPS) is 18.7. The summed E-state index contributed by atoms with van der Waals surface area (Å²) in [4.78, 5) is 2.21. The lowest BCUT2D eigenvalue weighted by Crippen LogP contribution is -2.37. The minimum absolute atomic E-state index is 0.186. The number of nitrogens with zero attached hydrogens (tertiary/aromatic N) is 1. The predicted molar refractivity (Wildman–Crippen MR) is 71.9 cm³/mol. The minimum Gasteiger partial charge on any atom is -0.772 e. The van der Waals surface area contributed by atoms with E-state index in [2.05, 4.69) is 11.0 Å². The fraction of sp³-hybridized carbons (Fsp3) is 0.538. The lowest BCUT2D eigenvalue weighted by Gasteiger charge is -2.34. The van der Waals surface area contributed by atoms with Gasteiger partial charge in [0.15, 0.2) is 0 Å². The zero-order chi connectivity index (χ0) is 13.1. The molecule has 0 radical (unpaired) electrons. The average molecular weight is 268 g/mol. The highest BCUT2D eigenvalue weighted by Gasteiger charge is 2.20. The van der Waals surface area contributed by atoms with Gasteiger partial charge in [-0.3, -0.25) is 4.21 Å². The van der Waals surface area contributed by atoms with Gasteiger partial charge in [-0.05, 0) is 31.4 Å².